The first-order valence-corrected chi connectivity index (χ1v) is 7.46. The van der Waals surface area contributed by atoms with Crippen LogP contribution in [0, 0.1) is 22.9 Å². The summed E-state index contributed by atoms with van der Waals surface area (Å²) in [6.07, 6.45) is 6.75. The second-order valence-corrected chi connectivity index (χ2v) is 5.54. The summed E-state index contributed by atoms with van der Waals surface area (Å²) >= 11 is 0. The minimum Gasteiger partial charge on any atom is -0.264 e. The number of non-ortho nitro benzene ring substituents is 1. The minimum atomic E-state index is -0.630. The van der Waals surface area contributed by atoms with Gasteiger partial charge in [0.05, 0.1) is 28.6 Å². The Morgan fingerprint density at radius 2 is 2.08 bits per heavy atom. The second kappa shape index (κ2) is 5.52. The highest BCUT2D eigenvalue weighted by Gasteiger charge is 2.18. The first-order valence-electron chi connectivity index (χ1n) is 7.46. The number of rotatable bonds is 3. The molecule has 0 saturated heterocycles. The van der Waals surface area contributed by atoms with Gasteiger partial charge in [-0.3, -0.25) is 19.8 Å². The summed E-state index contributed by atoms with van der Waals surface area (Å²) < 4.78 is 17.6. The third-order valence-electron chi connectivity index (χ3n) is 4.06. The van der Waals surface area contributed by atoms with Crippen LogP contribution in [0.4, 0.5) is 10.1 Å². The number of nitro benzene ring substituents is 1. The van der Waals surface area contributed by atoms with Gasteiger partial charge in [0, 0.05) is 41.9 Å². The summed E-state index contributed by atoms with van der Waals surface area (Å²) in [7, 11) is 0. The topological polar surface area (TPSA) is 78.3 Å². The zero-order chi connectivity index (χ0) is 17.6. The lowest BCUT2D eigenvalue weighted by Crippen LogP contribution is -2.07. The fraction of sp³-hybridized carbons (Fsp3) is 0.0588. The Balaban J connectivity index is 2.00. The van der Waals surface area contributed by atoms with Crippen molar-refractivity contribution >= 4 is 11.3 Å². The van der Waals surface area contributed by atoms with Crippen molar-refractivity contribution in [3.8, 4) is 16.9 Å². The van der Waals surface area contributed by atoms with Gasteiger partial charge < -0.3 is 0 Å². The monoisotopic (exact) mass is 337 g/mol. The molecule has 3 aromatic heterocycles. The zero-order valence-corrected chi connectivity index (χ0v) is 13.1. The third-order valence-corrected chi connectivity index (χ3v) is 4.06. The summed E-state index contributed by atoms with van der Waals surface area (Å²) in [5.41, 5.74) is 2.62. The molecule has 124 valence electrons. The van der Waals surface area contributed by atoms with Gasteiger partial charge >= 0.3 is 0 Å². The Morgan fingerprint density at radius 1 is 1.24 bits per heavy atom. The molecule has 0 bridgehead atoms. The van der Waals surface area contributed by atoms with Crippen molar-refractivity contribution in [1.29, 1.82) is 0 Å². The molecule has 4 aromatic rings. The Kier molecular flexibility index (Phi) is 3.31. The van der Waals surface area contributed by atoms with Gasteiger partial charge in [0.25, 0.3) is 5.69 Å². The Hall–Kier alpha value is -3.55. The lowest BCUT2D eigenvalue weighted by molar-refractivity contribution is -0.385. The molecule has 0 fully saturated rings. The van der Waals surface area contributed by atoms with Crippen molar-refractivity contribution in [1.82, 2.24) is 19.2 Å². The lowest BCUT2D eigenvalue weighted by atomic mass is 10.1. The van der Waals surface area contributed by atoms with E-state index in [1.165, 1.54) is 6.07 Å². The standard InChI is InChI=1S/C17H12FN5O2/c1-11-14(18)7-13(23(24)25)8-15(11)21-6-4-17-20-10-16(22(17)21)12-3-2-5-19-9-12/h2-10H,1H3. The van der Waals surface area contributed by atoms with Crippen molar-refractivity contribution in [2.24, 2.45) is 0 Å². The molecule has 0 radical (unpaired) electrons. The van der Waals surface area contributed by atoms with Crippen LogP contribution in [0.2, 0.25) is 0 Å². The predicted molar refractivity (Wildman–Crippen MR) is 89.1 cm³/mol. The molecule has 0 saturated carbocycles. The van der Waals surface area contributed by atoms with Gasteiger partial charge in [-0.25, -0.2) is 13.9 Å². The van der Waals surface area contributed by atoms with E-state index >= 15 is 0 Å². The molecule has 7 nitrogen and oxygen atoms in total. The van der Waals surface area contributed by atoms with Crippen LogP contribution in [-0.4, -0.2) is 24.1 Å². The highest BCUT2D eigenvalue weighted by Crippen LogP contribution is 2.27. The molecular formula is C17H12FN5O2. The molecule has 0 amide bonds. The first kappa shape index (κ1) is 15.0. The van der Waals surface area contributed by atoms with E-state index in [2.05, 4.69) is 9.97 Å². The lowest BCUT2D eigenvalue weighted by Gasteiger charge is -2.12. The second-order valence-electron chi connectivity index (χ2n) is 5.54. The van der Waals surface area contributed by atoms with Crippen LogP contribution in [0.15, 0.2) is 55.1 Å². The molecule has 0 unspecified atom stereocenters. The van der Waals surface area contributed by atoms with E-state index in [1.54, 1.807) is 53.0 Å². The van der Waals surface area contributed by atoms with Crippen molar-refractivity contribution in [3.63, 3.8) is 0 Å². The first-order chi connectivity index (χ1) is 12.1. The number of hydrogen-bond acceptors (Lipinski definition) is 4. The summed E-state index contributed by atoms with van der Waals surface area (Å²) in [6, 6.07) is 7.73. The van der Waals surface area contributed by atoms with Crippen molar-refractivity contribution < 1.29 is 9.31 Å². The van der Waals surface area contributed by atoms with Gasteiger partial charge in [-0.15, -0.1) is 0 Å². The maximum atomic E-state index is 14.2. The average molecular weight is 337 g/mol. The van der Waals surface area contributed by atoms with Crippen LogP contribution in [0.3, 0.4) is 0 Å². The number of nitro groups is 1. The molecule has 4 rings (SSSR count). The summed E-state index contributed by atoms with van der Waals surface area (Å²) in [6.45, 7) is 1.58. The number of pyridine rings is 1. The molecule has 0 atom stereocenters. The molecule has 0 N–H and O–H groups in total. The molecular weight excluding hydrogens is 325 g/mol. The number of benzene rings is 1. The molecule has 25 heavy (non-hydrogen) atoms. The molecule has 8 heteroatoms. The highest BCUT2D eigenvalue weighted by atomic mass is 19.1. The quantitative estimate of drug-likeness (QED) is 0.423. The van der Waals surface area contributed by atoms with Gasteiger partial charge in [-0.2, -0.15) is 0 Å². The third kappa shape index (κ3) is 2.35. The normalized spacial score (nSPS) is 11.1. The highest BCUT2D eigenvalue weighted by molar-refractivity contribution is 5.63. The van der Waals surface area contributed by atoms with E-state index < -0.39 is 10.7 Å². The number of fused-ring (bicyclic) bond motifs is 1. The van der Waals surface area contributed by atoms with Crippen LogP contribution in [0.1, 0.15) is 5.56 Å². The summed E-state index contributed by atoms with van der Waals surface area (Å²) in [5.74, 6) is -0.630. The Labute approximate surface area is 141 Å². The summed E-state index contributed by atoms with van der Waals surface area (Å²) in [4.78, 5) is 18.9. The van der Waals surface area contributed by atoms with Gasteiger partial charge in [0.15, 0.2) is 5.65 Å². The fourth-order valence-electron chi connectivity index (χ4n) is 2.80. The smallest absolute Gasteiger partial charge is 0.264 e. The minimum absolute atomic E-state index is 0.303. The van der Waals surface area contributed by atoms with Crippen molar-refractivity contribution in [2.45, 2.75) is 6.92 Å². The van der Waals surface area contributed by atoms with Crippen molar-refractivity contribution in [3.05, 3.63) is 76.6 Å². The van der Waals surface area contributed by atoms with E-state index in [1.807, 2.05) is 6.07 Å². The van der Waals surface area contributed by atoms with Gasteiger partial charge in [-0.05, 0) is 19.1 Å². The molecule has 0 aliphatic rings. The summed E-state index contributed by atoms with van der Waals surface area (Å²) in [5, 5.41) is 11.1. The van der Waals surface area contributed by atoms with Crippen LogP contribution in [0.5, 0.6) is 0 Å². The maximum absolute atomic E-state index is 14.2. The number of imidazole rings is 1. The molecule has 0 spiro atoms. The maximum Gasteiger partial charge on any atom is 0.274 e. The molecule has 3 heterocycles. The van der Waals surface area contributed by atoms with Gasteiger partial charge in [0.2, 0.25) is 0 Å². The SMILES string of the molecule is Cc1c(F)cc([N+](=O)[O-])cc1-n1ccc2ncc(-c3cccnc3)n21. The van der Waals surface area contributed by atoms with Crippen LogP contribution >= 0.6 is 0 Å². The zero-order valence-electron chi connectivity index (χ0n) is 13.1. The number of nitrogens with zero attached hydrogens (tertiary/aromatic N) is 5. The van der Waals surface area contributed by atoms with E-state index in [-0.39, 0.29) is 5.69 Å². The van der Waals surface area contributed by atoms with E-state index in [0.717, 1.165) is 17.3 Å². The molecule has 1 aromatic carbocycles. The van der Waals surface area contributed by atoms with E-state index in [0.29, 0.717) is 16.9 Å². The molecule has 0 aliphatic carbocycles. The fourth-order valence-corrected chi connectivity index (χ4v) is 2.80. The van der Waals surface area contributed by atoms with E-state index in [4.69, 9.17) is 0 Å². The predicted octanol–water partition coefficient (Wildman–Crippen LogP) is 3.54. The number of aromatic nitrogens is 4. The van der Waals surface area contributed by atoms with Gasteiger partial charge in [0.1, 0.15) is 5.82 Å². The largest absolute Gasteiger partial charge is 0.274 e. The van der Waals surface area contributed by atoms with Crippen LogP contribution < -0.4 is 0 Å². The van der Waals surface area contributed by atoms with Crippen LogP contribution in [0.25, 0.3) is 22.6 Å². The van der Waals surface area contributed by atoms with E-state index in [9.17, 15) is 14.5 Å². The van der Waals surface area contributed by atoms with Crippen LogP contribution in [-0.2, 0) is 0 Å². The Bertz CT molecular complexity index is 1100. The number of halogens is 1. The molecule has 0 aliphatic heterocycles. The average Bonchev–Trinajstić information content (AvgIpc) is 3.20. The Morgan fingerprint density at radius 3 is 2.80 bits per heavy atom. The van der Waals surface area contributed by atoms with Gasteiger partial charge in [-0.1, -0.05) is 0 Å². The van der Waals surface area contributed by atoms with Crippen molar-refractivity contribution in [2.75, 3.05) is 0 Å². The number of hydrogen-bond donors (Lipinski definition) is 0.